The van der Waals surface area contributed by atoms with Gasteiger partial charge in [0.1, 0.15) is 6.61 Å². The Morgan fingerprint density at radius 3 is 2.03 bits per heavy atom. The Bertz CT molecular complexity index is 1070. The SMILES string of the molecule is Cc1ccc(CN2C[C@@H]3[C@@H](C2)OCC(=O)N3Cc2ccncc2)s1.O=C(O)C(F)(F)F.O=C(O)C(F)(F)F. The van der Waals surface area contributed by atoms with Crippen molar-refractivity contribution in [1.82, 2.24) is 14.8 Å². The van der Waals surface area contributed by atoms with E-state index in [1.54, 1.807) is 12.4 Å². The quantitative estimate of drug-likeness (QED) is 0.537. The summed E-state index contributed by atoms with van der Waals surface area (Å²) in [4.78, 5) is 41.3. The fraction of sp³-hybridized carbons (Fsp3) is 0.455. The number of fused-ring (bicyclic) bond motifs is 1. The van der Waals surface area contributed by atoms with Gasteiger partial charge in [0.15, 0.2) is 0 Å². The molecule has 0 unspecified atom stereocenters. The number of carboxylic acid groups (broad SMARTS) is 2. The molecule has 0 aliphatic carbocycles. The number of hydrogen-bond acceptors (Lipinski definition) is 7. The summed E-state index contributed by atoms with van der Waals surface area (Å²) in [7, 11) is 0. The van der Waals surface area contributed by atoms with Crippen molar-refractivity contribution >= 4 is 29.2 Å². The van der Waals surface area contributed by atoms with E-state index in [4.69, 9.17) is 24.5 Å². The van der Waals surface area contributed by atoms with Gasteiger partial charge in [0, 0.05) is 48.3 Å². The molecule has 2 N–H and O–H groups in total. The number of pyridine rings is 1. The molecule has 0 bridgehead atoms. The Kier molecular flexibility index (Phi) is 10.6. The van der Waals surface area contributed by atoms with Crippen LogP contribution in [0.1, 0.15) is 15.3 Å². The van der Waals surface area contributed by atoms with Crippen LogP contribution in [0.4, 0.5) is 26.3 Å². The van der Waals surface area contributed by atoms with Gasteiger partial charge in [-0.3, -0.25) is 14.7 Å². The first-order chi connectivity index (χ1) is 17.6. The van der Waals surface area contributed by atoms with Gasteiger partial charge in [-0.25, -0.2) is 9.59 Å². The number of hydrogen-bond donors (Lipinski definition) is 2. The van der Waals surface area contributed by atoms with Crippen molar-refractivity contribution < 1.29 is 55.7 Å². The minimum Gasteiger partial charge on any atom is -0.475 e. The van der Waals surface area contributed by atoms with Gasteiger partial charge in [-0.1, -0.05) is 0 Å². The van der Waals surface area contributed by atoms with Gasteiger partial charge in [-0.05, 0) is 36.8 Å². The summed E-state index contributed by atoms with van der Waals surface area (Å²) in [6.45, 7) is 5.67. The first-order valence-electron chi connectivity index (χ1n) is 10.8. The number of carbonyl (C=O) groups excluding carboxylic acids is 1. The molecule has 0 radical (unpaired) electrons. The third-order valence-corrected chi connectivity index (χ3v) is 6.20. The normalized spacial score (nSPS) is 19.6. The monoisotopic (exact) mass is 571 g/mol. The first-order valence-corrected chi connectivity index (χ1v) is 11.6. The average Bonchev–Trinajstić information content (AvgIpc) is 3.41. The molecule has 4 rings (SSSR count). The van der Waals surface area contributed by atoms with Crippen molar-refractivity contribution in [1.29, 1.82) is 0 Å². The topological polar surface area (TPSA) is 120 Å². The zero-order valence-electron chi connectivity index (χ0n) is 19.7. The molecule has 1 amide bonds. The number of carboxylic acids is 2. The van der Waals surface area contributed by atoms with E-state index in [0.29, 0.717) is 6.54 Å². The lowest BCUT2D eigenvalue weighted by Gasteiger charge is -2.36. The van der Waals surface area contributed by atoms with Crippen molar-refractivity contribution in [2.75, 3.05) is 19.7 Å². The molecule has 210 valence electrons. The van der Waals surface area contributed by atoms with Gasteiger partial charge < -0.3 is 19.8 Å². The van der Waals surface area contributed by atoms with Gasteiger partial charge in [0.05, 0.1) is 12.1 Å². The maximum atomic E-state index is 12.4. The van der Waals surface area contributed by atoms with Crippen LogP contribution in [0, 0.1) is 6.92 Å². The fourth-order valence-corrected chi connectivity index (χ4v) is 4.48. The van der Waals surface area contributed by atoms with E-state index < -0.39 is 24.3 Å². The molecule has 2 saturated heterocycles. The lowest BCUT2D eigenvalue weighted by molar-refractivity contribution is -0.193. The molecular weight excluding hydrogens is 548 g/mol. The van der Waals surface area contributed by atoms with Crippen molar-refractivity contribution in [3.8, 4) is 0 Å². The molecule has 0 aromatic carbocycles. The lowest BCUT2D eigenvalue weighted by atomic mass is 10.1. The number of morpholine rings is 1. The number of aliphatic carboxylic acids is 2. The Labute approximate surface area is 216 Å². The number of thiophene rings is 1. The number of nitrogens with zero attached hydrogens (tertiary/aromatic N) is 3. The van der Waals surface area contributed by atoms with Crippen LogP contribution in [0.25, 0.3) is 0 Å². The number of aromatic nitrogens is 1. The van der Waals surface area contributed by atoms with Crippen LogP contribution in [-0.4, -0.2) is 87.0 Å². The molecule has 2 aliphatic heterocycles. The van der Waals surface area contributed by atoms with Gasteiger partial charge in [-0.2, -0.15) is 26.3 Å². The molecule has 0 spiro atoms. The van der Waals surface area contributed by atoms with Crippen molar-refractivity contribution in [2.45, 2.75) is 44.5 Å². The number of ether oxygens (including phenoxy) is 1. The molecule has 4 heterocycles. The number of amides is 1. The third kappa shape index (κ3) is 9.57. The predicted molar refractivity (Wildman–Crippen MR) is 120 cm³/mol. The van der Waals surface area contributed by atoms with Gasteiger partial charge in [0.2, 0.25) is 5.91 Å². The van der Waals surface area contributed by atoms with E-state index in [0.717, 1.165) is 25.2 Å². The van der Waals surface area contributed by atoms with E-state index in [2.05, 4.69) is 28.9 Å². The summed E-state index contributed by atoms with van der Waals surface area (Å²) in [6.07, 6.45) is -6.50. The van der Waals surface area contributed by atoms with Crippen molar-refractivity contribution in [2.24, 2.45) is 0 Å². The summed E-state index contributed by atoms with van der Waals surface area (Å²) < 4.78 is 69.3. The molecule has 16 heteroatoms. The number of likely N-dealkylation sites (tertiary alicyclic amines) is 1. The van der Waals surface area contributed by atoms with E-state index in [9.17, 15) is 31.1 Å². The highest BCUT2D eigenvalue weighted by molar-refractivity contribution is 7.11. The molecular formula is C22H23F6N3O6S. The van der Waals surface area contributed by atoms with Crippen LogP contribution in [0.3, 0.4) is 0 Å². The van der Waals surface area contributed by atoms with E-state index >= 15 is 0 Å². The molecule has 38 heavy (non-hydrogen) atoms. The van der Waals surface area contributed by atoms with E-state index in [1.165, 1.54) is 9.75 Å². The largest absolute Gasteiger partial charge is 0.490 e. The van der Waals surface area contributed by atoms with Crippen LogP contribution in [-0.2, 0) is 32.2 Å². The highest BCUT2D eigenvalue weighted by Gasteiger charge is 2.43. The summed E-state index contributed by atoms with van der Waals surface area (Å²) in [5.41, 5.74) is 1.12. The number of halogens is 6. The maximum absolute atomic E-state index is 12.4. The molecule has 2 aliphatic rings. The second-order valence-corrected chi connectivity index (χ2v) is 9.48. The van der Waals surface area contributed by atoms with Gasteiger partial charge in [0.25, 0.3) is 0 Å². The molecule has 2 fully saturated rings. The third-order valence-electron chi connectivity index (χ3n) is 5.22. The standard InChI is InChI=1S/C18H21N3O2S.2C2HF3O2/c1-13-2-3-15(24-13)9-20-10-16-17(11-20)23-12-18(22)21(16)8-14-4-6-19-7-5-14;2*3-2(4,5)1(6)7/h2-7,16-17H,8-12H2,1H3;2*(H,6,7)/t16-,17-;;/m1../s1. The minimum absolute atomic E-state index is 0.0851. The molecule has 2 aromatic rings. The zero-order valence-corrected chi connectivity index (χ0v) is 20.5. The van der Waals surface area contributed by atoms with Crippen molar-refractivity contribution in [3.05, 3.63) is 52.0 Å². The highest BCUT2D eigenvalue weighted by Crippen LogP contribution is 2.27. The number of alkyl halides is 6. The van der Waals surface area contributed by atoms with Crippen LogP contribution >= 0.6 is 11.3 Å². The average molecular weight is 571 g/mol. The van der Waals surface area contributed by atoms with Gasteiger partial charge >= 0.3 is 24.3 Å². The zero-order chi connectivity index (χ0) is 28.7. The van der Waals surface area contributed by atoms with E-state index in [-0.39, 0.29) is 24.7 Å². The maximum Gasteiger partial charge on any atom is 0.490 e. The molecule has 9 nitrogen and oxygen atoms in total. The Morgan fingerprint density at radius 2 is 1.55 bits per heavy atom. The smallest absolute Gasteiger partial charge is 0.475 e. The predicted octanol–water partition coefficient (Wildman–Crippen LogP) is 3.33. The fourth-order valence-electron chi connectivity index (χ4n) is 3.55. The van der Waals surface area contributed by atoms with Crippen LogP contribution in [0.2, 0.25) is 0 Å². The second-order valence-electron chi connectivity index (χ2n) is 8.11. The minimum atomic E-state index is -5.08. The number of rotatable bonds is 4. The Morgan fingerprint density at radius 1 is 1.00 bits per heavy atom. The number of carbonyl (C=O) groups is 3. The van der Waals surface area contributed by atoms with E-state index in [1.807, 2.05) is 28.4 Å². The summed E-state index contributed by atoms with van der Waals surface area (Å²) in [5, 5.41) is 14.2. The summed E-state index contributed by atoms with van der Waals surface area (Å²) >= 11 is 1.84. The molecule has 0 saturated carbocycles. The molecule has 2 atom stereocenters. The Balaban J connectivity index is 0.000000301. The number of aryl methyl sites for hydroxylation is 1. The van der Waals surface area contributed by atoms with Crippen LogP contribution < -0.4 is 0 Å². The summed E-state index contributed by atoms with van der Waals surface area (Å²) in [5.74, 6) is -5.43. The summed E-state index contributed by atoms with van der Waals surface area (Å²) in [6, 6.07) is 8.44. The molecule has 2 aromatic heterocycles. The first kappa shape index (κ1) is 31.0. The second kappa shape index (κ2) is 13.0. The lowest BCUT2D eigenvalue weighted by Crippen LogP contribution is -2.53. The Hall–Kier alpha value is -3.24. The van der Waals surface area contributed by atoms with Crippen molar-refractivity contribution in [3.63, 3.8) is 0 Å². The van der Waals surface area contributed by atoms with Crippen LogP contribution in [0.5, 0.6) is 0 Å². The van der Waals surface area contributed by atoms with Gasteiger partial charge in [-0.15, -0.1) is 11.3 Å². The van der Waals surface area contributed by atoms with Crippen LogP contribution in [0.15, 0.2) is 36.7 Å². The highest BCUT2D eigenvalue weighted by atomic mass is 32.1.